The second kappa shape index (κ2) is 3.18. The van der Waals surface area contributed by atoms with Gasteiger partial charge in [-0.2, -0.15) is 0 Å². The zero-order valence-electron chi connectivity index (χ0n) is 7.03. The largest absolute Gasteiger partial charge is 0.388 e. The number of carbonyl (C=O) groups is 1. The van der Waals surface area contributed by atoms with Gasteiger partial charge in [0.05, 0.1) is 6.10 Å². The lowest BCUT2D eigenvalue weighted by Crippen LogP contribution is -2.08. The average Bonchev–Trinajstić information content (AvgIpc) is 2.27. The quantitative estimate of drug-likeness (QED) is 0.625. The van der Waals surface area contributed by atoms with Crippen molar-refractivity contribution in [2.24, 2.45) is 0 Å². The van der Waals surface area contributed by atoms with Gasteiger partial charge in [0, 0.05) is 24.1 Å². The van der Waals surface area contributed by atoms with Gasteiger partial charge in [-0.25, -0.2) is 0 Å². The fourth-order valence-electron chi connectivity index (χ4n) is 1.42. The number of fused-ring (bicyclic) bond motifs is 1. The molecule has 67 valence electrons. The summed E-state index contributed by atoms with van der Waals surface area (Å²) in [5.41, 5.74) is 1.46. The van der Waals surface area contributed by atoms with Crippen LogP contribution in [0, 0.1) is 6.42 Å². The van der Waals surface area contributed by atoms with E-state index in [1.54, 1.807) is 12.5 Å². The number of hydrogen-bond acceptors (Lipinski definition) is 2. The summed E-state index contributed by atoms with van der Waals surface area (Å²) < 4.78 is 0. The van der Waals surface area contributed by atoms with Crippen molar-refractivity contribution < 1.29 is 9.90 Å². The van der Waals surface area contributed by atoms with E-state index in [4.69, 9.17) is 0 Å². The van der Waals surface area contributed by atoms with Crippen molar-refractivity contribution in [1.82, 2.24) is 0 Å². The summed E-state index contributed by atoms with van der Waals surface area (Å²) in [6.07, 6.45) is 1.21. The summed E-state index contributed by atoms with van der Waals surface area (Å²) in [5.74, 6) is -0.0796. The Labute approximate surface area is 76.4 Å². The summed E-state index contributed by atoms with van der Waals surface area (Å²) in [6.45, 7) is 0. The molecule has 3 nitrogen and oxygen atoms in total. The zero-order chi connectivity index (χ0) is 9.26. The van der Waals surface area contributed by atoms with E-state index in [0.29, 0.717) is 5.69 Å². The summed E-state index contributed by atoms with van der Waals surface area (Å²) in [5, 5.41) is 12.3. The molecule has 2 rings (SSSR count). The first-order valence-electron chi connectivity index (χ1n) is 4.17. The number of nitrogens with one attached hydrogen (secondary N) is 1. The maximum atomic E-state index is 11.1. The predicted octanol–water partition coefficient (Wildman–Crippen LogP) is 1.27. The Hall–Kier alpha value is -1.35. The van der Waals surface area contributed by atoms with Crippen LogP contribution in [0.4, 0.5) is 5.69 Å². The Kier molecular flexibility index (Phi) is 2.02. The van der Waals surface area contributed by atoms with E-state index in [1.165, 1.54) is 0 Å². The maximum Gasteiger partial charge on any atom is 0.224 e. The number of para-hydroxylation sites is 1. The Bertz CT molecular complexity index is 335. The van der Waals surface area contributed by atoms with Crippen LogP contribution in [0.3, 0.4) is 0 Å². The second-order valence-corrected chi connectivity index (χ2v) is 3.02. The number of rotatable bonds is 0. The van der Waals surface area contributed by atoms with Crippen LogP contribution >= 0.6 is 0 Å². The molecule has 0 bridgehead atoms. The third-order valence-corrected chi connectivity index (χ3v) is 2.08. The van der Waals surface area contributed by atoms with Gasteiger partial charge in [-0.3, -0.25) is 4.79 Å². The normalized spacial score (nSPS) is 21.6. The van der Waals surface area contributed by atoms with Crippen molar-refractivity contribution in [2.45, 2.75) is 12.5 Å². The molecule has 0 saturated carbocycles. The highest BCUT2D eigenvalue weighted by Gasteiger charge is 2.19. The third-order valence-electron chi connectivity index (χ3n) is 2.08. The van der Waals surface area contributed by atoms with Gasteiger partial charge in [-0.05, 0) is 6.07 Å². The number of benzene rings is 1. The monoisotopic (exact) mass is 176 g/mol. The third kappa shape index (κ3) is 1.55. The van der Waals surface area contributed by atoms with Crippen molar-refractivity contribution in [3.63, 3.8) is 0 Å². The first-order valence-corrected chi connectivity index (χ1v) is 4.17. The minimum Gasteiger partial charge on any atom is -0.388 e. The smallest absolute Gasteiger partial charge is 0.224 e. The van der Waals surface area contributed by atoms with Gasteiger partial charge in [-0.1, -0.05) is 18.2 Å². The fourth-order valence-corrected chi connectivity index (χ4v) is 1.42. The maximum absolute atomic E-state index is 11.1. The molecule has 1 aliphatic heterocycles. The summed E-state index contributed by atoms with van der Waals surface area (Å²) in [7, 11) is 0. The number of aliphatic hydroxyl groups is 1. The van der Waals surface area contributed by atoms with E-state index in [-0.39, 0.29) is 12.3 Å². The molecule has 3 heteroatoms. The van der Waals surface area contributed by atoms with E-state index in [1.807, 2.05) is 18.2 Å². The summed E-state index contributed by atoms with van der Waals surface area (Å²) in [6, 6.07) is 7.27. The first kappa shape index (κ1) is 8.26. The highest BCUT2D eigenvalue weighted by Crippen LogP contribution is 2.28. The lowest BCUT2D eigenvalue weighted by atomic mass is 10.1. The van der Waals surface area contributed by atoms with E-state index in [0.717, 1.165) is 5.56 Å². The molecule has 1 aromatic rings. The van der Waals surface area contributed by atoms with Gasteiger partial charge in [0.1, 0.15) is 0 Å². The molecular weight excluding hydrogens is 166 g/mol. The molecule has 0 aromatic heterocycles. The molecular formula is C10H10NO2. The Balaban J connectivity index is 2.43. The Morgan fingerprint density at radius 3 is 3.00 bits per heavy atom. The minimum atomic E-state index is -0.643. The fraction of sp³-hybridized carbons (Fsp3) is 0.200. The number of hydrogen-bond donors (Lipinski definition) is 2. The van der Waals surface area contributed by atoms with Crippen molar-refractivity contribution in [2.75, 3.05) is 5.32 Å². The van der Waals surface area contributed by atoms with Crippen molar-refractivity contribution >= 4 is 11.6 Å². The van der Waals surface area contributed by atoms with Crippen LogP contribution in [0.1, 0.15) is 18.1 Å². The van der Waals surface area contributed by atoms with Gasteiger partial charge >= 0.3 is 0 Å². The predicted molar refractivity (Wildman–Crippen MR) is 48.9 cm³/mol. The van der Waals surface area contributed by atoms with Crippen LogP contribution in [0.5, 0.6) is 0 Å². The lowest BCUT2D eigenvalue weighted by Gasteiger charge is -2.09. The van der Waals surface area contributed by atoms with Crippen molar-refractivity contribution in [3.8, 4) is 0 Å². The SMILES string of the molecule is O=C1C[CH]C(O)c2ccccc2N1. The molecule has 2 N–H and O–H groups in total. The lowest BCUT2D eigenvalue weighted by molar-refractivity contribution is -0.115. The van der Waals surface area contributed by atoms with Crippen molar-refractivity contribution in [1.29, 1.82) is 0 Å². The Morgan fingerprint density at radius 2 is 2.15 bits per heavy atom. The van der Waals surface area contributed by atoms with E-state index < -0.39 is 6.10 Å². The van der Waals surface area contributed by atoms with Crippen LogP contribution in [0.2, 0.25) is 0 Å². The molecule has 0 aliphatic carbocycles. The van der Waals surface area contributed by atoms with E-state index >= 15 is 0 Å². The molecule has 1 heterocycles. The number of anilines is 1. The van der Waals surface area contributed by atoms with E-state index in [9.17, 15) is 9.90 Å². The van der Waals surface area contributed by atoms with Crippen LogP contribution in [-0.4, -0.2) is 11.0 Å². The second-order valence-electron chi connectivity index (χ2n) is 3.02. The van der Waals surface area contributed by atoms with Gasteiger partial charge < -0.3 is 10.4 Å². The van der Waals surface area contributed by atoms with Crippen LogP contribution in [-0.2, 0) is 4.79 Å². The Morgan fingerprint density at radius 1 is 1.38 bits per heavy atom. The first-order chi connectivity index (χ1) is 6.27. The van der Waals surface area contributed by atoms with Crippen molar-refractivity contribution in [3.05, 3.63) is 36.2 Å². The van der Waals surface area contributed by atoms with Gasteiger partial charge in [0.15, 0.2) is 0 Å². The number of carbonyl (C=O) groups excluding carboxylic acids is 1. The number of amides is 1. The van der Waals surface area contributed by atoms with Crippen LogP contribution in [0.15, 0.2) is 24.3 Å². The molecule has 0 saturated heterocycles. The van der Waals surface area contributed by atoms with Crippen LogP contribution < -0.4 is 5.32 Å². The van der Waals surface area contributed by atoms with E-state index in [2.05, 4.69) is 5.32 Å². The van der Waals surface area contributed by atoms with Crippen LogP contribution in [0.25, 0.3) is 0 Å². The molecule has 1 aromatic carbocycles. The standard InChI is InChI=1S/C10H10NO2/c12-9-5-6-10(13)11-8-4-2-1-3-7(8)9/h1-5,9,12H,6H2,(H,11,13). The highest BCUT2D eigenvalue weighted by atomic mass is 16.3. The van der Waals surface area contributed by atoms with Gasteiger partial charge in [0.2, 0.25) is 5.91 Å². The zero-order valence-corrected chi connectivity index (χ0v) is 7.03. The molecule has 1 amide bonds. The average molecular weight is 176 g/mol. The molecule has 1 atom stereocenters. The molecule has 0 spiro atoms. The summed E-state index contributed by atoms with van der Waals surface area (Å²) >= 11 is 0. The highest BCUT2D eigenvalue weighted by molar-refractivity contribution is 5.93. The topological polar surface area (TPSA) is 49.3 Å². The minimum absolute atomic E-state index is 0.0796. The molecule has 1 radical (unpaired) electrons. The summed E-state index contributed by atoms with van der Waals surface area (Å²) in [4.78, 5) is 11.1. The molecule has 13 heavy (non-hydrogen) atoms. The van der Waals surface area contributed by atoms with Gasteiger partial charge in [0.25, 0.3) is 0 Å². The molecule has 1 aliphatic rings. The molecule has 1 unspecified atom stereocenters. The molecule has 0 fully saturated rings. The van der Waals surface area contributed by atoms with Gasteiger partial charge in [-0.15, -0.1) is 0 Å². The number of aliphatic hydroxyl groups excluding tert-OH is 1.